The van der Waals surface area contributed by atoms with Crippen molar-refractivity contribution in [2.75, 3.05) is 11.9 Å². The SMILES string of the molecule is CC1CCCC(CN)(Nc2nc[nH]c(=O)c2I)C1. The van der Waals surface area contributed by atoms with E-state index >= 15 is 0 Å². The topological polar surface area (TPSA) is 83.8 Å². The first-order valence-electron chi connectivity index (χ1n) is 6.28. The fourth-order valence-corrected chi connectivity index (χ4v) is 3.16. The van der Waals surface area contributed by atoms with Gasteiger partial charge in [-0.1, -0.05) is 19.8 Å². The summed E-state index contributed by atoms with van der Waals surface area (Å²) in [6.07, 6.45) is 5.93. The van der Waals surface area contributed by atoms with Crippen LogP contribution in [-0.4, -0.2) is 22.1 Å². The third-order valence-electron chi connectivity index (χ3n) is 3.66. The zero-order valence-electron chi connectivity index (χ0n) is 10.5. The molecule has 1 heterocycles. The second-order valence-corrected chi connectivity index (χ2v) is 6.28. The smallest absolute Gasteiger partial charge is 0.266 e. The Balaban J connectivity index is 2.24. The van der Waals surface area contributed by atoms with E-state index in [-0.39, 0.29) is 11.1 Å². The molecule has 4 N–H and O–H groups in total. The van der Waals surface area contributed by atoms with Gasteiger partial charge >= 0.3 is 0 Å². The van der Waals surface area contributed by atoms with Crippen molar-refractivity contribution in [2.24, 2.45) is 11.7 Å². The Labute approximate surface area is 120 Å². The summed E-state index contributed by atoms with van der Waals surface area (Å²) in [7, 11) is 0. The number of halogens is 1. The van der Waals surface area contributed by atoms with E-state index in [2.05, 4.69) is 22.2 Å². The highest BCUT2D eigenvalue weighted by Gasteiger charge is 2.34. The van der Waals surface area contributed by atoms with Crippen LogP contribution in [0.4, 0.5) is 5.82 Å². The van der Waals surface area contributed by atoms with Gasteiger partial charge in [0.2, 0.25) is 0 Å². The summed E-state index contributed by atoms with van der Waals surface area (Å²) in [5.41, 5.74) is 5.74. The molecule has 2 rings (SSSR count). The van der Waals surface area contributed by atoms with Crippen LogP contribution < -0.4 is 16.6 Å². The van der Waals surface area contributed by atoms with Gasteiger partial charge in [-0.15, -0.1) is 0 Å². The Morgan fingerprint density at radius 3 is 3.17 bits per heavy atom. The summed E-state index contributed by atoms with van der Waals surface area (Å²) >= 11 is 2.02. The summed E-state index contributed by atoms with van der Waals surface area (Å²) in [4.78, 5) is 18.4. The molecule has 2 atom stereocenters. The molecule has 1 aromatic rings. The van der Waals surface area contributed by atoms with Crippen LogP contribution in [-0.2, 0) is 0 Å². The van der Waals surface area contributed by atoms with E-state index in [4.69, 9.17) is 5.73 Å². The number of anilines is 1. The van der Waals surface area contributed by atoms with Gasteiger partial charge in [0.15, 0.2) is 0 Å². The maximum Gasteiger partial charge on any atom is 0.266 e. The quantitative estimate of drug-likeness (QED) is 0.715. The average Bonchev–Trinajstić information content (AvgIpc) is 2.35. The van der Waals surface area contributed by atoms with Crippen LogP contribution in [0.5, 0.6) is 0 Å². The molecule has 0 radical (unpaired) electrons. The molecule has 0 amide bonds. The highest BCUT2D eigenvalue weighted by Crippen LogP contribution is 2.34. The van der Waals surface area contributed by atoms with E-state index in [1.807, 2.05) is 22.6 Å². The van der Waals surface area contributed by atoms with Gasteiger partial charge in [-0.3, -0.25) is 4.79 Å². The standard InChI is InChI=1S/C12H19IN4O/c1-8-3-2-4-12(5-8,6-14)17-10-9(13)11(18)16-7-15-10/h7-8H,2-6,14H2,1H3,(H2,15,16,17,18). The van der Waals surface area contributed by atoms with Crippen LogP contribution in [0.1, 0.15) is 32.6 Å². The molecule has 0 bridgehead atoms. The summed E-state index contributed by atoms with van der Waals surface area (Å²) < 4.78 is 0.598. The van der Waals surface area contributed by atoms with Crippen LogP contribution in [0.25, 0.3) is 0 Å². The molecule has 2 unspecified atom stereocenters. The van der Waals surface area contributed by atoms with Crippen molar-refractivity contribution < 1.29 is 0 Å². The minimum Gasteiger partial charge on any atom is -0.362 e. The van der Waals surface area contributed by atoms with Gasteiger partial charge in [-0.25, -0.2) is 4.98 Å². The van der Waals surface area contributed by atoms with Crippen LogP contribution >= 0.6 is 22.6 Å². The first kappa shape index (κ1) is 13.8. The van der Waals surface area contributed by atoms with Crippen LogP contribution in [0.15, 0.2) is 11.1 Å². The Bertz CT molecular complexity index is 475. The average molecular weight is 362 g/mol. The van der Waals surface area contributed by atoms with E-state index < -0.39 is 0 Å². The predicted octanol–water partition coefficient (Wildman–Crippen LogP) is 1.69. The Hall–Kier alpha value is -0.630. The molecular formula is C12H19IN4O. The van der Waals surface area contributed by atoms with E-state index in [0.717, 1.165) is 12.8 Å². The van der Waals surface area contributed by atoms with Gasteiger partial charge < -0.3 is 16.0 Å². The van der Waals surface area contributed by atoms with Crippen LogP contribution in [0, 0.1) is 9.49 Å². The number of nitrogens with zero attached hydrogens (tertiary/aromatic N) is 1. The van der Waals surface area contributed by atoms with Crippen molar-refractivity contribution in [3.05, 3.63) is 20.3 Å². The lowest BCUT2D eigenvalue weighted by Crippen LogP contribution is -2.49. The normalized spacial score (nSPS) is 28.1. The molecule has 0 spiro atoms. The minimum atomic E-state index is -0.113. The van der Waals surface area contributed by atoms with Crippen molar-refractivity contribution in [2.45, 2.75) is 38.1 Å². The number of nitrogens with two attached hydrogens (primary N) is 1. The third kappa shape index (κ3) is 2.85. The number of H-pyrrole nitrogens is 1. The maximum atomic E-state index is 11.6. The van der Waals surface area contributed by atoms with Gasteiger partial charge in [-0.05, 0) is 41.4 Å². The molecule has 0 aliphatic heterocycles. The molecule has 1 aromatic heterocycles. The van der Waals surface area contributed by atoms with Gasteiger partial charge in [0, 0.05) is 6.54 Å². The molecule has 1 saturated carbocycles. The second kappa shape index (κ2) is 5.56. The van der Waals surface area contributed by atoms with Crippen molar-refractivity contribution in [3.63, 3.8) is 0 Å². The van der Waals surface area contributed by atoms with E-state index in [1.54, 1.807) is 0 Å². The molecule has 5 nitrogen and oxygen atoms in total. The number of hydrogen-bond acceptors (Lipinski definition) is 4. The first-order valence-corrected chi connectivity index (χ1v) is 7.36. The summed E-state index contributed by atoms with van der Waals surface area (Å²) in [5.74, 6) is 1.31. The number of rotatable bonds is 3. The molecule has 1 aliphatic carbocycles. The van der Waals surface area contributed by atoms with Crippen molar-refractivity contribution in [3.8, 4) is 0 Å². The molecule has 0 saturated heterocycles. The number of hydrogen-bond donors (Lipinski definition) is 3. The first-order chi connectivity index (χ1) is 8.56. The number of nitrogens with one attached hydrogen (secondary N) is 2. The number of aromatic amines is 1. The number of aromatic nitrogens is 2. The maximum absolute atomic E-state index is 11.6. The van der Waals surface area contributed by atoms with Crippen molar-refractivity contribution in [1.29, 1.82) is 0 Å². The second-order valence-electron chi connectivity index (χ2n) is 5.21. The third-order valence-corrected chi connectivity index (χ3v) is 4.66. The van der Waals surface area contributed by atoms with Crippen LogP contribution in [0.2, 0.25) is 0 Å². The zero-order chi connectivity index (χ0) is 13.2. The molecule has 1 fully saturated rings. The van der Waals surface area contributed by atoms with Crippen LogP contribution in [0.3, 0.4) is 0 Å². The lowest BCUT2D eigenvalue weighted by molar-refractivity contribution is 0.263. The minimum absolute atomic E-state index is 0.107. The van der Waals surface area contributed by atoms with Crippen molar-refractivity contribution in [1.82, 2.24) is 9.97 Å². The zero-order valence-corrected chi connectivity index (χ0v) is 12.7. The molecule has 100 valence electrons. The predicted molar refractivity (Wildman–Crippen MR) is 80.6 cm³/mol. The lowest BCUT2D eigenvalue weighted by Gasteiger charge is -2.40. The Kier molecular flexibility index (Phi) is 4.26. The molecule has 0 aromatic carbocycles. The van der Waals surface area contributed by atoms with E-state index in [0.29, 0.717) is 21.9 Å². The Morgan fingerprint density at radius 2 is 2.50 bits per heavy atom. The van der Waals surface area contributed by atoms with E-state index in [1.165, 1.54) is 19.2 Å². The summed E-state index contributed by atoms with van der Waals surface area (Å²) in [6, 6.07) is 0. The molecular weight excluding hydrogens is 343 g/mol. The van der Waals surface area contributed by atoms with Gasteiger partial charge in [0.05, 0.1) is 11.9 Å². The van der Waals surface area contributed by atoms with E-state index in [9.17, 15) is 4.79 Å². The largest absolute Gasteiger partial charge is 0.362 e. The fourth-order valence-electron chi connectivity index (χ4n) is 2.73. The summed E-state index contributed by atoms with van der Waals surface area (Å²) in [6.45, 7) is 2.82. The van der Waals surface area contributed by atoms with Gasteiger partial charge in [0.25, 0.3) is 5.56 Å². The lowest BCUT2D eigenvalue weighted by atomic mass is 9.76. The molecule has 18 heavy (non-hydrogen) atoms. The van der Waals surface area contributed by atoms with Crippen molar-refractivity contribution >= 4 is 28.4 Å². The van der Waals surface area contributed by atoms with Gasteiger partial charge in [0.1, 0.15) is 9.39 Å². The van der Waals surface area contributed by atoms with Gasteiger partial charge in [-0.2, -0.15) is 0 Å². The molecule has 6 heteroatoms. The highest BCUT2D eigenvalue weighted by molar-refractivity contribution is 14.1. The molecule has 1 aliphatic rings. The highest BCUT2D eigenvalue weighted by atomic mass is 127. The fraction of sp³-hybridized carbons (Fsp3) is 0.667. The summed E-state index contributed by atoms with van der Waals surface area (Å²) in [5, 5.41) is 3.42. The Morgan fingerprint density at radius 1 is 1.72 bits per heavy atom. The monoisotopic (exact) mass is 362 g/mol.